The van der Waals surface area contributed by atoms with Gasteiger partial charge in [0, 0.05) is 0 Å². The minimum Gasteiger partial charge on any atom is -0.501 e. The Bertz CT molecular complexity index is 340. The van der Waals surface area contributed by atoms with Crippen LogP contribution in [0.2, 0.25) is 0 Å². The summed E-state index contributed by atoms with van der Waals surface area (Å²) in [4.78, 5) is 0. The summed E-state index contributed by atoms with van der Waals surface area (Å²) in [6.07, 6.45) is 9.00. The topological polar surface area (TPSA) is 9.23 Å². The van der Waals surface area contributed by atoms with Crippen LogP contribution in [-0.2, 0) is 4.74 Å². The summed E-state index contributed by atoms with van der Waals surface area (Å²) < 4.78 is 5.56. The average molecular weight is 260 g/mol. The van der Waals surface area contributed by atoms with Crippen molar-refractivity contribution in [1.82, 2.24) is 0 Å². The highest BCUT2D eigenvalue weighted by molar-refractivity contribution is 5.47. The Morgan fingerprint density at radius 2 is 1.74 bits per heavy atom. The molecule has 0 spiro atoms. The largest absolute Gasteiger partial charge is 0.501 e. The Morgan fingerprint density at radius 3 is 2.42 bits per heavy atom. The average Bonchev–Trinajstić information content (AvgIpc) is 2.39. The summed E-state index contributed by atoms with van der Waals surface area (Å²) in [6.45, 7) is 7.74. The van der Waals surface area contributed by atoms with E-state index in [9.17, 15) is 0 Å². The quantitative estimate of drug-likeness (QED) is 0.419. The van der Waals surface area contributed by atoms with Crippen LogP contribution >= 0.6 is 0 Å². The molecule has 19 heavy (non-hydrogen) atoms. The highest BCUT2D eigenvalue weighted by atomic mass is 16.5. The number of ether oxygens (including phenoxy) is 1. The van der Waals surface area contributed by atoms with Gasteiger partial charge in [-0.15, -0.1) is 0 Å². The summed E-state index contributed by atoms with van der Waals surface area (Å²) in [5, 5.41) is 0. The van der Waals surface area contributed by atoms with E-state index in [1.807, 2.05) is 30.5 Å². The molecule has 0 saturated carbocycles. The Morgan fingerprint density at radius 1 is 1.00 bits per heavy atom. The lowest BCUT2D eigenvalue weighted by Gasteiger charge is -2.11. The van der Waals surface area contributed by atoms with E-state index in [0.717, 1.165) is 24.9 Å². The second kappa shape index (κ2) is 9.66. The third-order valence-electron chi connectivity index (χ3n) is 3.36. The van der Waals surface area contributed by atoms with Crippen molar-refractivity contribution < 1.29 is 4.74 Å². The predicted molar refractivity (Wildman–Crippen MR) is 83.9 cm³/mol. The van der Waals surface area contributed by atoms with E-state index in [1.54, 1.807) is 0 Å². The molecule has 0 aromatic heterocycles. The van der Waals surface area contributed by atoms with Gasteiger partial charge in [0.25, 0.3) is 0 Å². The Balaban J connectivity index is 2.05. The third kappa shape index (κ3) is 8.47. The van der Waals surface area contributed by atoms with Gasteiger partial charge in [0.2, 0.25) is 0 Å². The van der Waals surface area contributed by atoms with Crippen molar-refractivity contribution in [1.29, 1.82) is 0 Å². The maximum Gasteiger partial charge on any atom is 0.0875 e. The fraction of sp³-hybridized carbons (Fsp3) is 0.556. The number of hydrogen-bond donors (Lipinski definition) is 0. The van der Waals surface area contributed by atoms with E-state index in [0.29, 0.717) is 0 Å². The normalized spacial score (nSPS) is 13.1. The van der Waals surface area contributed by atoms with Crippen LogP contribution in [0, 0.1) is 11.8 Å². The molecule has 0 amide bonds. The first-order valence-corrected chi connectivity index (χ1v) is 7.51. The lowest BCUT2D eigenvalue weighted by atomic mass is 9.98. The van der Waals surface area contributed by atoms with Gasteiger partial charge in [0.15, 0.2) is 0 Å². The van der Waals surface area contributed by atoms with Crippen molar-refractivity contribution in [3.8, 4) is 0 Å². The van der Waals surface area contributed by atoms with Gasteiger partial charge in [-0.1, -0.05) is 70.4 Å². The number of hydrogen-bond acceptors (Lipinski definition) is 1. The summed E-state index contributed by atoms with van der Waals surface area (Å²) in [5.41, 5.74) is 1.19. The smallest absolute Gasteiger partial charge is 0.0875 e. The Kier molecular flexibility index (Phi) is 8.04. The highest BCUT2D eigenvalue weighted by Crippen LogP contribution is 2.15. The zero-order chi connectivity index (χ0) is 13.9. The Hall–Kier alpha value is -1.24. The van der Waals surface area contributed by atoms with Crippen molar-refractivity contribution in [3.63, 3.8) is 0 Å². The summed E-state index contributed by atoms with van der Waals surface area (Å²) >= 11 is 0. The zero-order valence-corrected chi connectivity index (χ0v) is 12.6. The molecule has 0 fully saturated rings. The van der Waals surface area contributed by atoms with Gasteiger partial charge in [-0.2, -0.15) is 0 Å². The molecule has 0 N–H and O–H groups in total. The maximum atomic E-state index is 5.56. The van der Waals surface area contributed by atoms with E-state index in [1.165, 1.54) is 24.8 Å². The van der Waals surface area contributed by atoms with Crippen LogP contribution in [-0.4, -0.2) is 6.61 Å². The van der Waals surface area contributed by atoms with Crippen LogP contribution in [0.25, 0.3) is 6.08 Å². The van der Waals surface area contributed by atoms with E-state index in [-0.39, 0.29) is 0 Å². The number of rotatable bonds is 9. The first-order valence-electron chi connectivity index (χ1n) is 7.51. The molecule has 1 nitrogen and oxygen atoms in total. The maximum absolute atomic E-state index is 5.56. The molecular formula is C18H28O. The van der Waals surface area contributed by atoms with E-state index in [2.05, 4.69) is 32.9 Å². The molecule has 0 aliphatic heterocycles. The molecule has 1 aromatic carbocycles. The van der Waals surface area contributed by atoms with Crippen LogP contribution in [0.1, 0.15) is 52.0 Å². The molecule has 106 valence electrons. The van der Waals surface area contributed by atoms with Gasteiger partial charge in [-0.3, -0.25) is 0 Å². The van der Waals surface area contributed by atoms with Crippen molar-refractivity contribution >= 4 is 6.08 Å². The molecule has 1 aromatic rings. The lowest BCUT2D eigenvalue weighted by Crippen LogP contribution is -2.00. The molecule has 1 heteroatoms. The molecule has 0 aliphatic carbocycles. The fourth-order valence-corrected chi connectivity index (χ4v) is 2.05. The first-order chi connectivity index (χ1) is 9.18. The van der Waals surface area contributed by atoms with Crippen LogP contribution < -0.4 is 0 Å². The Labute approximate surface area is 118 Å². The zero-order valence-electron chi connectivity index (χ0n) is 12.6. The molecule has 0 bridgehead atoms. The molecular weight excluding hydrogens is 232 g/mol. The van der Waals surface area contributed by atoms with Gasteiger partial charge in [-0.05, 0) is 29.9 Å². The van der Waals surface area contributed by atoms with Crippen LogP contribution in [0.3, 0.4) is 0 Å². The third-order valence-corrected chi connectivity index (χ3v) is 3.36. The van der Waals surface area contributed by atoms with E-state index in [4.69, 9.17) is 4.74 Å². The van der Waals surface area contributed by atoms with Gasteiger partial charge in [0.1, 0.15) is 0 Å². The second-order valence-electron chi connectivity index (χ2n) is 5.80. The highest BCUT2D eigenvalue weighted by Gasteiger charge is 2.02. The molecule has 0 heterocycles. The van der Waals surface area contributed by atoms with Gasteiger partial charge < -0.3 is 4.74 Å². The van der Waals surface area contributed by atoms with E-state index < -0.39 is 0 Å². The van der Waals surface area contributed by atoms with E-state index >= 15 is 0 Å². The van der Waals surface area contributed by atoms with Crippen molar-refractivity contribution in [2.45, 2.75) is 46.5 Å². The lowest BCUT2D eigenvalue weighted by molar-refractivity contribution is 0.223. The summed E-state index contributed by atoms with van der Waals surface area (Å²) in [7, 11) is 0. The van der Waals surface area contributed by atoms with Crippen molar-refractivity contribution in [3.05, 3.63) is 42.2 Å². The molecule has 0 saturated heterocycles. The predicted octanol–water partition coefficient (Wildman–Crippen LogP) is 5.53. The molecule has 1 rings (SSSR count). The first kappa shape index (κ1) is 15.8. The monoisotopic (exact) mass is 260 g/mol. The van der Waals surface area contributed by atoms with Crippen molar-refractivity contribution in [2.24, 2.45) is 11.8 Å². The van der Waals surface area contributed by atoms with Gasteiger partial charge in [0.05, 0.1) is 12.9 Å². The van der Waals surface area contributed by atoms with Crippen molar-refractivity contribution in [2.75, 3.05) is 6.61 Å². The molecule has 0 aliphatic rings. The van der Waals surface area contributed by atoms with Crippen LogP contribution in [0.15, 0.2) is 36.6 Å². The minimum absolute atomic E-state index is 0.767. The molecule has 1 atom stereocenters. The fourth-order valence-electron chi connectivity index (χ4n) is 2.05. The minimum atomic E-state index is 0.767. The van der Waals surface area contributed by atoms with Crippen LogP contribution in [0.5, 0.6) is 0 Å². The second-order valence-corrected chi connectivity index (χ2v) is 5.80. The standard InChI is InChI=1S/C18H28O/c1-16(2)8-7-9-17(3)12-14-19-15-13-18-10-5-4-6-11-18/h4-6,10-11,13,15-17H,7-9,12,14H2,1-3H3/b15-13+. The SMILES string of the molecule is CC(C)CCCC(C)CCO/C=C/c1ccccc1. The van der Waals surface area contributed by atoms with Gasteiger partial charge in [-0.25, -0.2) is 0 Å². The number of benzene rings is 1. The van der Waals surface area contributed by atoms with Gasteiger partial charge >= 0.3 is 0 Å². The molecule has 0 radical (unpaired) electrons. The summed E-state index contributed by atoms with van der Waals surface area (Å²) in [6, 6.07) is 10.3. The molecule has 1 unspecified atom stereocenters. The summed E-state index contributed by atoms with van der Waals surface area (Å²) in [5.74, 6) is 1.60. The van der Waals surface area contributed by atoms with Crippen LogP contribution in [0.4, 0.5) is 0 Å².